The van der Waals surface area contributed by atoms with Crippen LogP contribution in [-0.2, 0) is 19.2 Å². The van der Waals surface area contributed by atoms with E-state index in [4.69, 9.17) is 4.84 Å². The summed E-state index contributed by atoms with van der Waals surface area (Å²) in [5.41, 5.74) is 0.543. The Balaban J connectivity index is 1.80. The van der Waals surface area contributed by atoms with Crippen molar-refractivity contribution >= 4 is 35.3 Å². The summed E-state index contributed by atoms with van der Waals surface area (Å²) in [5.74, 6) is -1.93. The number of benzene rings is 1. The maximum Gasteiger partial charge on any atom is 0.352 e. The molecule has 9 heteroatoms. The van der Waals surface area contributed by atoms with Crippen LogP contribution in [0, 0.1) is 0 Å². The number of nitrogens with zero attached hydrogens (tertiary/aromatic N) is 2. The predicted molar refractivity (Wildman–Crippen MR) is 90.5 cm³/mol. The number of carboxylic acid groups (broad SMARTS) is 1. The van der Waals surface area contributed by atoms with Gasteiger partial charge in [-0.3, -0.25) is 14.5 Å². The minimum Gasteiger partial charge on any atom is -0.477 e. The molecule has 8 nitrogen and oxygen atoms in total. The molecule has 2 amide bonds. The lowest BCUT2D eigenvalue weighted by Gasteiger charge is -2.44. The van der Waals surface area contributed by atoms with Crippen molar-refractivity contribution < 1.29 is 24.3 Å². The molecule has 2 aliphatic rings. The van der Waals surface area contributed by atoms with Gasteiger partial charge in [0.15, 0.2) is 5.71 Å². The molecule has 3 rings (SSSR count). The topological polar surface area (TPSA) is 108 Å². The van der Waals surface area contributed by atoms with Crippen molar-refractivity contribution in [1.82, 2.24) is 10.2 Å². The summed E-state index contributed by atoms with van der Waals surface area (Å²) in [6.07, 6.45) is 1.60. The number of aliphatic carboxylic acids is 1. The average Bonchev–Trinajstić information content (AvgIpc) is 2.58. The first-order valence-corrected chi connectivity index (χ1v) is 8.35. The van der Waals surface area contributed by atoms with E-state index >= 15 is 0 Å². The highest BCUT2D eigenvalue weighted by atomic mass is 32.2. The van der Waals surface area contributed by atoms with E-state index in [9.17, 15) is 19.5 Å². The lowest BCUT2D eigenvalue weighted by Crippen LogP contribution is -2.56. The molecule has 0 aromatic heterocycles. The van der Waals surface area contributed by atoms with E-state index in [0.29, 0.717) is 5.56 Å². The van der Waals surface area contributed by atoms with Gasteiger partial charge >= 0.3 is 5.97 Å². The van der Waals surface area contributed by atoms with Gasteiger partial charge in [0.1, 0.15) is 12.8 Å². The number of hydrogen-bond donors (Lipinski definition) is 2. The van der Waals surface area contributed by atoms with E-state index in [0.717, 1.165) is 0 Å². The Labute approximate surface area is 147 Å². The zero-order valence-corrected chi connectivity index (χ0v) is 14.0. The average molecular weight is 361 g/mol. The predicted octanol–water partition coefficient (Wildman–Crippen LogP) is 0.753. The summed E-state index contributed by atoms with van der Waals surface area (Å²) in [7, 11) is 1.34. The molecule has 0 radical (unpaired) electrons. The maximum absolute atomic E-state index is 12.6. The number of amides is 2. The molecular weight excluding hydrogens is 346 g/mol. The molecule has 2 aliphatic heterocycles. The van der Waals surface area contributed by atoms with Gasteiger partial charge in [-0.15, -0.1) is 11.8 Å². The van der Waals surface area contributed by atoms with Crippen molar-refractivity contribution in [1.29, 1.82) is 0 Å². The number of carboxylic acids is 1. The summed E-state index contributed by atoms with van der Waals surface area (Å²) in [6.45, 7) is 0. The summed E-state index contributed by atoms with van der Waals surface area (Å²) < 4.78 is 0. The Bertz CT molecular complexity index is 777. The third-order valence-electron chi connectivity index (χ3n) is 3.72. The van der Waals surface area contributed by atoms with E-state index in [-0.39, 0.29) is 29.1 Å². The Morgan fingerprint density at radius 2 is 2.08 bits per heavy atom. The van der Waals surface area contributed by atoms with Crippen molar-refractivity contribution in [3.63, 3.8) is 0 Å². The SMILES string of the molecule is CON=C(C(=O)NC1C=C(C(=O)O)N2C(=O)C[C@H]2S1)c1ccccc1. The molecule has 0 aliphatic carbocycles. The summed E-state index contributed by atoms with van der Waals surface area (Å²) in [6, 6.07) is 8.78. The van der Waals surface area contributed by atoms with E-state index in [2.05, 4.69) is 10.5 Å². The molecule has 1 fully saturated rings. The van der Waals surface area contributed by atoms with Gasteiger partial charge in [-0.1, -0.05) is 35.5 Å². The van der Waals surface area contributed by atoms with Gasteiger partial charge in [0, 0.05) is 5.56 Å². The smallest absolute Gasteiger partial charge is 0.352 e. The fourth-order valence-electron chi connectivity index (χ4n) is 2.58. The Kier molecular flexibility index (Phi) is 4.75. The van der Waals surface area contributed by atoms with Crippen LogP contribution in [0.4, 0.5) is 0 Å². The molecule has 2 heterocycles. The van der Waals surface area contributed by atoms with Gasteiger partial charge in [-0.05, 0) is 6.08 Å². The molecule has 1 unspecified atom stereocenters. The van der Waals surface area contributed by atoms with Crippen LogP contribution in [0.2, 0.25) is 0 Å². The number of nitrogens with one attached hydrogen (secondary N) is 1. The van der Waals surface area contributed by atoms with Gasteiger partial charge in [-0.25, -0.2) is 4.79 Å². The zero-order valence-electron chi connectivity index (χ0n) is 13.2. The lowest BCUT2D eigenvalue weighted by atomic mass is 10.1. The lowest BCUT2D eigenvalue weighted by molar-refractivity contribution is -0.146. The largest absolute Gasteiger partial charge is 0.477 e. The molecule has 1 aromatic rings. The first-order valence-electron chi connectivity index (χ1n) is 7.41. The third kappa shape index (κ3) is 3.36. The van der Waals surface area contributed by atoms with Crippen LogP contribution in [0.1, 0.15) is 12.0 Å². The molecule has 1 saturated heterocycles. The molecule has 0 spiro atoms. The molecular formula is C16H15N3O5S. The minimum atomic E-state index is -1.20. The molecule has 2 atom stereocenters. The van der Waals surface area contributed by atoms with Gasteiger partial charge < -0.3 is 15.3 Å². The van der Waals surface area contributed by atoms with Crippen LogP contribution in [0.5, 0.6) is 0 Å². The number of oxime groups is 1. The molecule has 0 bridgehead atoms. The highest BCUT2D eigenvalue weighted by molar-refractivity contribution is 8.00. The standard InChI is InChI=1S/C16H15N3O5S/c1-24-18-14(9-5-3-2-4-6-9)15(21)17-11-7-10(16(22)23)19-12(20)8-13(19)25-11/h2-7,11,13H,8H2,1H3,(H,17,21)(H,22,23)/t11?,13-/m1/s1. The van der Waals surface area contributed by atoms with Crippen LogP contribution in [0.3, 0.4) is 0 Å². The minimum absolute atomic E-state index is 0.0843. The number of thioether (sulfide) groups is 1. The summed E-state index contributed by atoms with van der Waals surface area (Å²) in [4.78, 5) is 41.5. The highest BCUT2D eigenvalue weighted by Gasteiger charge is 2.45. The van der Waals surface area contributed by atoms with Crippen LogP contribution in [0.15, 0.2) is 47.3 Å². The normalized spacial score (nSPS) is 22.4. The number of fused-ring (bicyclic) bond motifs is 1. The Hall–Kier alpha value is -2.81. The van der Waals surface area contributed by atoms with Crippen molar-refractivity contribution in [3.05, 3.63) is 47.7 Å². The molecule has 25 heavy (non-hydrogen) atoms. The fourth-order valence-corrected chi connectivity index (χ4v) is 3.89. The van der Waals surface area contributed by atoms with Crippen molar-refractivity contribution in [2.24, 2.45) is 5.16 Å². The first-order chi connectivity index (χ1) is 12.0. The second-order valence-electron chi connectivity index (χ2n) is 5.30. The van der Waals surface area contributed by atoms with Crippen molar-refractivity contribution in [3.8, 4) is 0 Å². The van der Waals surface area contributed by atoms with Gasteiger partial charge in [0.2, 0.25) is 5.91 Å². The van der Waals surface area contributed by atoms with Crippen LogP contribution < -0.4 is 5.32 Å². The van der Waals surface area contributed by atoms with Crippen LogP contribution in [-0.4, -0.2) is 51.4 Å². The van der Waals surface area contributed by atoms with Gasteiger partial charge in [0.05, 0.1) is 17.2 Å². The van der Waals surface area contributed by atoms with E-state index < -0.39 is 17.3 Å². The molecule has 2 N–H and O–H groups in total. The number of hydrogen-bond acceptors (Lipinski definition) is 6. The van der Waals surface area contributed by atoms with Crippen LogP contribution in [0.25, 0.3) is 0 Å². The Morgan fingerprint density at radius 1 is 1.36 bits per heavy atom. The second kappa shape index (κ2) is 6.98. The second-order valence-corrected chi connectivity index (χ2v) is 6.62. The van der Waals surface area contributed by atoms with E-state index in [1.54, 1.807) is 24.3 Å². The molecule has 0 saturated carbocycles. The fraction of sp³-hybridized carbons (Fsp3) is 0.250. The monoisotopic (exact) mass is 361 g/mol. The number of rotatable bonds is 5. The third-order valence-corrected chi connectivity index (χ3v) is 4.95. The number of β-lactam (4-membered cyclic amide) rings is 1. The van der Waals surface area contributed by atoms with Crippen LogP contribution >= 0.6 is 11.8 Å². The quantitative estimate of drug-likeness (QED) is 0.455. The zero-order chi connectivity index (χ0) is 18.0. The number of carbonyl (C=O) groups excluding carboxylic acids is 2. The molecule has 130 valence electrons. The van der Waals surface area contributed by atoms with E-state index in [1.165, 1.54) is 29.8 Å². The maximum atomic E-state index is 12.6. The summed E-state index contributed by atoms with van der Waals surface area (Å²) >= 11 is 1.30. The van der Waals surface area contributed by atoms with Crippen molar-refractivity contribution in [2.75, 3.05) is 7.11 Å². The Morgan fingerprint density at radius 3 is 2.68 bits per heavy atom. The van der Waals surface area contributed by atoms with Gasteiger partial charge in [-0.2, -0.15) is 0 Å². The first kappa shape index (κ1) is 17.0. The van der Waals surface area contributed by atoms with Gasteiger partial charge in [0.25, 0.3) is 5.91 Å². The number of carbonyl (C=O) groups is 3. The van der Waals surface area contributed by atoms with Crippen molar-refractivity contribution in [2.45, 2.75) is 17.2 Å². The van der Waals surface area contributed by atoms with E-state index in [1.807, 2.05) is 6.07 Å². The highest BCUT2D eigenvalue weighted by Crippen LogP contribution is 2.39. The molecule has 1 aromatic carbocycles. The summed E-state index contributed by atoms with van der Waals surface area (Å²) in [5, 5.41) is 14.9.